The van der Waals surface area contributed by atoms with Crippen LogP contribution in [-0.2, 0) is 40.3 Å². The van der Waals surface area contributed by atoms with Crippen molar-refractivity contribution in [2.75, 3.05) is 93.9 Å². The molecule has 1 aromatic rings. The Morgan fingerprint density at radius 3 is 2.18 bits per heavy atom. The second-order valence-electron chi connectivity index (χ2n) is 10.4. The van der Waals surface area contributed by atoms with E-state index in [4.69, 9.17) is 37.9 Å². The van der Waals surface area contributed by atoms with Gasteiger partial charge in [0.2, 0.25) is 0 Å². The number of likely N-dealkylation sites (N-methyl/N-ethyl adjacent to an activating group) is 1. The third-order valence-corrected chi connectivity index (χ3v) is 8.42. The van der Waals surface area contributed by atoms with Crippen molar-refractivity contribution in [1.82, 2.24) is 4.90 Å². The van der Waals surface area contributed by atoms with E-state index in [2.05, 4.69) is 36.2 Å². The van der Waals surface area contributed by atoms with Gasteiger partial charge in [0, 0.05) is 30.0 Å². The summed E-state index contributed by atoms with van der Waals surface area (Å²) in [6.07, 6.45) is 6.55. The molecule has 0 saturated carbocycles. The van der Waals surface area contributed by atoms with Crippen LogP contribution >= 0.6 is 0 Å². The van der Waals surface area contributed by atoms with E-state index in [1.165, 1.54) is 11.1 Å². The van der Waals surface area contributed by atoms with Crippen LogP contribution in [0.25, 0.3) is 0 Å². The summed E-state index contributed by atoms with van der Waals surface area (Å²) in [5, 5.41) is 0. The third kappa shape index (κ3) is 5.47. The van der Waals surface area contributed by atoms with Gasteiger partial charge in [-0.2, -0.15) is 0 Å². The molecule has 1 aromatic carbocycles. The molecule has 4 aliphatic rings. The van der Waals surface area contributed by atoms with Gasteiger partial charge in [-0.1, -0.05) is 18.2 Å². The van der Waals surface area contributed by atoms with Crippen molar-refractivity contribution in [2.24, 2.45) is 5.92 Å². The fourth-order valence-electron chi connectivity index (χ4n) is 6.66. The summed E-state index contributed by atoms with van der Waals surface area (Å²) >= 11 is 0. The molecule has 1 fully saturated rings. The van der Waals surface area contributed by atoms with Crippen molar-refractivity contribution >= 4 is 0 Å². The lowest BCUT2D eigenvalue weighted by Gasteiger charge is -2.56. The largest absolute Gasteiger partial charge is 0.493 e. The van der Waals surface area contributed by atoms with Gasteiger partial charge in [0.05, 0.1) is 73.2 Å². The van der Waals surface area contributed by atoms with Gasteiger partial charge in [0.15, 0.2) is 11.5 Å². The second kappa shape index (κ2) is 13.1. The van der Waals surface area contributed by atoms with Gasteiger partial charge in [-0.3, -0.25) is 0 Å². The maximum absolute atomic E-state index is 6.72. The average molecular weight is 534 g/mol. The van der Waals surface area contributed by atoms with E-state index in [0.717, 1.165) is 30.9 Å². The lowest BCUT2D eigenvalue weighted by Crippen LogP contribution is -2.65. The summed E-state index contributed by atoms with van der Waals surface area (Å²) in [6, 6.07) is 4.78. The number of likely N-dealkylation sites (tertiary alicyclic amines) is 1. The standard InChI is InChI=1S/C29H43NO8/c1-30-9-8-29-22-5-7-25(28(29)38-27-24(32-3)6-4-21(26(27)29)20-23(22)30)37-19-18-36-17-16-35-15-14-34-13-12-33-11-10-31-2/h4-7,22-23,25,28H,8-20H2,1-3H3/t22?,23?,25-,28-,29-/m0/s1. The highest BCUT2D eigenvalue weighted by Crippen LogP contribution is 2.62. The number of ether oxygens (including phenoxy) is 8. The van der Waals surface area contributed by atoms with Crippen molar-refractivity contribution in [3.63, 3.8) is 0 Å². The van der Waals surface area contributed by atoms with Gasteiger partial charge in [-0.25, -0.2) is 0 Å². The minimum Gasteiger partial charge on any atom is -0.493 e. The van der Waals surface area contributed by atoms with Crippen LogP contribution in [0, 0.1) is 5.92 Å². The molecule has 9 nitrogen and oxygen atoms in total. The zero-order valence-corrected chi connectivity index (χ0v) is 23.0. The molecular formula is C29H43NO8. The topological polar surface area (TPSA) is 77.1 Å². The molecule has 212 valence electrons. The predicted molar refractivity (Wildman–Crippen MR) is 141 cm³/mol. The van der Waals surface area contributed by atoms with E-state index in [0.29, 0.717) is 78.0 Å². The number of hydrogen-bond donors (Lipinski definition) is 0. The first-order chi connectivity index (χ1) is 18.7. The molecule has 2 aliphatic heterocycles. The van der Waals surface area contributed by atoms with Crippen molar-refractivity contribution in [3.8, 4) is 11.5 Å². The van der Waals surface area contributed by atoms with Gasteiger partial charge in [0.1, 0.15) is 12.2 Å². The molecule has 2 bridgehead atoms. The molecule has 5 atom stereocenters. The fraction of sp³-hybridized carbons (Fsp3) is 0.724. The first-order valence-corrected chi connectivity index (χ1v) is 13.9. The molecule has 0 amide bonds. The molecule has 9 heteroatoms. The normalized spacial score (nSPS) is 28.8. The molecule has 38 heavy (non-hydrogen) atoms. The number of methoxy groups -OCH3 is 2. The van der Waals surface area contributed by atoms with E-state index in [-0.39, 0.29) is 17.6 Å². The SMILES string of the molecule is COCCOCCOCCOCCOCCO[C@H]1C=CC2C3Cc4ccc(OC)c5c4[C@@]2(CCN3C)[C@H]1O5. The Labute approximate surface area is 226 Å². The summed E-state index contributed by atoms with van der Waals surface area (Å²) in [7, 11) is 5.63. The van der Waals surface area contributed by atoms with E-state index in [9.17, 15) is 0 Å². The zero-order valence-electron chi connectivity index (χ0n) is 23.0. The number of nitrogens with zero attached hydrogens (tertiary/aromatic N) is 1. The van der Waals surface area contributed by atoms with E-state index in [1.807, 2.05) is 0 Å². The predicted octanol–water partition coefficient (Wildman–Crippen LogP) is 2.24. The van der Waals surface area contributed by atoms with Crippen molar-refractivity contribution < 1.29 is 37.9 Å². The Bertz CT molecular complexity index is 941. The molecular weight excluding hydrogens is 490 g/mol. The molecule has 5 rings (SSSR count). The number of piperidine rings is 1. The van der Waals surface area contributed by atoms with Crippen LogP contribution in [0.15, 0.2) is 24.3 Å². The Kier molecular flexibility index (Phi) is 9.59. The number of rotatable bonds is 17. The third-order valence-electron chi connectivity index (χ3n) is 8.42. The van der Waals surface area contributed by atoms with Crippen LogP contribution in [-0.4, -0.2) is 117 Å². The zero-order chi connectivity index (χ0) is 26.4. The number of hydrogen-bond acceptors (Lipinski definition) is 9. The van der Waals surface area contributed by atoms with Gasteiger partial charge >= 0.3 is 0 Å². The first-order valence-electron chi connectivity index (χ1n) is 13.9. The highest BCUT2D eigenvalue weighted by molar-refractivity contribution is 5.62. The first kappa shape index (κ1) is 27.8. The Hall–Kier alpha value is -1.72. The Morgan fingerprint density at radius 1 is 0.868 bits per heavy atom. The fourth-order valence-corrected chi connectivity index (χ4v) is 6.66. The monoisotopic (exact) mass is 533 g/mol. The van der Waals surface area contributed by atoms with Gasteiger partial charge in [-0.15, -0.1) is 0 Å². The molecule has 0 radical (unpaired) electrons. The summed E-state index contributed by atoms with van der Waals surface area (Å²) in [4.78, 5) is 2.52. The number of benzene rings is 1. The molecule has 2 unspecified atom stereocenters. The van der Waals surface area contributed by atoms with Crippen molar-refractivity contribution in [3.05, 3.63) is 35.4 Å². The van der Waals surface area contributed by atoms with Crippen LogP contribution in [0.1, 0.15) is 17.5 Å². The maximum atomic E-state index is 6.72. The smallest absolute Gasteiger partial charge is 0.165 e. The lowest BCUT2D eigenvalue weighted by atomic mass is 9.53. The highest BCUT2D eigenvalue weighted by Gasteiger charge is 2.64. The van der Waals surface area contributed by atoms with Crippen LogP contribution < -0.4 is 9.47 Å². The highest BCUT2D eigenvalue weighted by atomic mass is 16.6. The van der Waals surface area contributed by atoms with Crippen LogP contribution in [0.3, 0.4) is 0 Å². The molecule has 1 saturated heterocycles. The van der Waals surface area contributed by atoms with Crippen LogP contribution in [0.4, 0.5) is 0 Å². The molecule has 2 aliphatic carbocycles. The molecule has 0 N–H and O–H groups in total. The minimum absolute atomic E-state index is 0.0484. The lowest BCUT2D eigenvalue weighted by molar-refractivity contribution is -0.0818. The van der Waals surface area contributed by atoms with Gasteiger partial charge in [-0.05, 0) is 38.1 Å². The Morgan fingerprint density at radius 2 is 1.53 bits per heavy atom. The van der Waals surface area contributed by atoms with E-state index < -0.39 is 0 Å². The summed E-state index contributed by atoms with van der Waals surface area (Å²) in [5.74, 6) is 2.18. The van der Waals surface area contributed by atoms with Crippen molar-refractivity contribution in [2.45, 2.75) is 36.5 Å². The summed E-state index contributed by atoms with van der Waals surface area (Å²) < 4.78 is 45.9. The quantitative estimate of drug-likeness (QED) is 0.221. The molecule has 0 aromatic heterocycles. The van der Waals surface area contributed by atoms with Crippen molar-refractivity contribution in [1.29, 1.82) is 0 Å². The molecule has 2 heterocycles. The van der Waals surface area contributed by atoms with Gasteiger partial charge < -0.3 is 42.8 Å². The Balaban J connectivity index is 1.05. The van der Waals surface area contributed by atoms with E-state index >= 15 is 0 Å². The minimum atomic E-state index is -0.117. The average Bonchev–Trinajstić information content (AvgIpc) is 3.28. The van der Waals surface area contributed by atoms with Crippen LogP contribution in [0.2, 0.25) is 0 Å². The summed E-state index contributed by atoms with van der Waals surface area (Å²) in [5.41, 5.74) is 2.71. The van der Waals surface area contributed by atoms with Crippen LogP contribution in [0.5, 0.6) is 11.5 Å². The molecule has 1 spiro atoms. The maximum Gasteiger partial charge on any atom is 0.165 e. The van der Waals surface area contributed by atoms with Gasteiger partial charge in [0.25, 0.3) is 0 Å². The van der Waals surface area contributed by atoms with E-state index in [1.54, 1.807) is 14.2 Å². The second-order valence-corrected chi connectivity index (χ2v) is 10.4. The summed E-state index contributed by atoms with van der Waals surface area (Å²) in [6.45, 7) is 6.52.